The minimum absolute atomic E-state index is 0. The van der Waals surface area contributed by atoms with Gasteiger partial charge >= 0.3 is 10.7 Å². The maximum atomic E-state index is 4.35. The van der Waals surface area contributed by atoms with Crippen LogP contribution in [0, 0.1) is 0 Å². The van der Waals surface area contributed by atoms with E-state index in [4.69, 9.17) is 0 Å². The van der Waals surface area contributed by atoms with Crippen molar-refractivity contribution in [3.8, 4) is 0 Å². The summed E-state index contributed by atoms with van der Waals surface area (Å²) in [5, 5.41) is 0. The van der Waals surface area contributed by atoms with Gasteiger partial charge in [0.15, 0.2) is 0 Å². The number of rotatable bonds is 0. The molecule has 0 bridgehead atoms. The van der Waals surface area contributed by atoms with Gasteiger partial charge in [0.05, 0.1) is 0 Å². The molecule has 0 aromatic rings. The smallest absolute Gasteiger partial charge is 0.261 e. The van der Waals surface area contributed by atoms with Crippen LogP contribution in [-0.4, -0.2) is 9.28 Å². The van der Waals surface area contributed by atoms with Crippen LogP contribution in [0.25, 0.3) is 0 Å². The van der Waals surface area contributed by atoms with Crippen molar-refractivity contribution < 1.29 is 10.6 Å². The van der Waals surface area contributed by atoms with E-state index in [0.717, 1.165) is 0 Å². The second-order valence-electron chi connectivity index (χ2n) is 0.760. The topological polar surface area (TPSA) is 25.1 Å². The first-order valence-electron chi connectivity index (χ1n) is 1.22. The first-order valence-corrected chi connectivity index (χ1v) is 3.31. The maximum absolute atomic E-state index is 4.35. The fourth-order valence-electron chi connectivity index (χ4n) is 0.0556. The third-order valence-corrected chi connectivity index (χ3v) is 0.866. The van der Waals surface area contributed by atoms with Gasteiger partial charge in [-0.15, -0.1) is 0 Å². The molecule has 0 N–H and O–H groups in total. The monoisotopic (exact) mass is 77.0 g/mol. The van der Waals surface area contributed by atoms with Gasteiger partial charge < -0.3 is 0 Å². The Kier molecular flexibility index (Phi) is 0.323. The predicted molar refractivity (Wildman–Crippen MR) is 16.3 cm³/mol. The summed E-state index contributed by atoms with van der Waals surface area (Å²) in [6, 6.07) is 0. The lowest BCUT2D eigenvalue weighted by Gasteiger charge is -1.33. The largest absolute Gasteiger partial charge is 1.00 e. The van der Waals surface area contributed by atoms with Crippen molar-refractivity contribution in [1.29, 1.82) is 0 Å². The van der Waals surface area contributed by atoms with Crippen molar-refractivity contribution in [2.75, 3.05) is 0 Å². The highest BCUT2D eigenvalue weighted by atomic mass is 28.3. The van der Waals surface area contributed by atoms with Crippen molar-refractivity contribution >= 4 is 9.28 Å². The fourth-order valence-corrected chi connectivity index (χ4v) is 0.500. The zero-order valence-corrected chi connectivity index (χ0v) is 3.55. The SMILES string of the molecule is C[SiH]1OO1.[H+]. The molecule has 4 heavy (non-hydrogen) atoms. The van der Waals surface area contributed by atoms with E-state index in [1.165, 1.54) is 0 Å². The van der Waals surface area contributed by atoms with E-state index < -0.39 is 9.28 Å². The minimum Gasteiger partial charge on any atom is -0.261 e. The van der Waals surface area contributed by atoms with E-state index in [1.807, 2.05) is 6.55 Å². The standard InChI is InChI=1S/CH4O2Si/c1-4-2-3-4/h4H,1H3/p+1. The molecule has 0 aliphatic carbocycles. The van der Waals surface area contributed by atoms with Gasteiger partial charge in [-0.25, -0.2) is 0 Å². The zero-order chi connectivity index (χ0) is 2.99. The molecule has 0 aromatic heterocycles. The van der Waals surface area contributed by atoms with Gasteiger partial charge in [0.1, 0.15) is 0 Å². The normalized spacial score (nSPS) is 26.2. The van der Waals surface area contributed by atoms with Gasteiger partial charge in [-0.05, 0) is 6.55 Å². The Bertz CT molecular complexity index is 28.8. The van der Waals surface area contributed by atoms with Crippen LogP contribution in [-0.2, 0) is 9.15 Å². The van der Waals surface area contributed by atoms with Crippen LogP contribution in [0.4, 0.5) is 0 Å². The fraction of sp³-hybridized carbons (Fsp3) is 1.00. The Morgan fingerprint density at radius 1 is 1.75 bits per heavy atom. The van der Waals surface area contributed by atoms with Gasteiger partial charge in [-0.1, -0.05) is 0 Å². The van der Waals surface area contributed by atoms with Crippen LogP contribution in [0.5, 0.6) is 0 Å². The molecular weight excluding hydrogens is 72.1 g/mol. The van der Waals surface area contributed by atoms with Gasteiger partial charge in [-0.3, -0.25) is 9.15 Å². The van der Waals surface area contributed by atoms with Crippen molar-refractivity contribution in [3.05, 3.63) is 0 Å². The molecule has 0 radical (unpaired) electrons. The molecule has 0 spiro atoms. The van der Waals surface area contributed by atoms with Crippen LogP contribution in [0.3, 0.4) is 0 Å². The van der Waals surface area contributed by atoms with E-state index in [-0.39, 0.29) is 1.43 Å². The van der Waals surface area contributed by atoms with Crippen molar-refractivity contribution in [3.63, 3.8) is 0 Å². The summed E-state index contributed by atoms with van der Waals surface area (Å²) < 4.78 is 8.69. The van der Waals surface area contributed by atoms with Crippen LogP contribution >= 0.6 is 0 Å². The predicted octanol–water partition coefficient (Wildman–Crippen LogP) is -0.0890. The van der Waals surface area contributed by atoms with Crippen molar-refractivity contribution in [2.24, 2.45) is 0 Å². The number of hydrogen-bond donors (Lipinski definition) is 0. The molecule has 1 fully saturated rings. The molecule has 1 aliphatic rings. The van der Waals surface area contributed by atoms with Crippen molar-refractivity contribution in [1.82, 2.24) is 0 Å². The molecule has 0 atom stereocenters. The minimum atomic E-state index is -0.889. The summed E-state index contributed by atoms with van der Waals surface area (Å²) in [4.78, 5) is 0. The van der Waals surface area contributed by atoms with Crippen molar-refractivity contribution in [2.45, 2.75) is 6.55 Å². The zero-order valence-electron chi connectivity index (χ0n) is 3.39. The summed E-state index contributed by atoms with van der Waals surface area (Å²) in [5.41, 5.74) is 0. The number of hydrogen-bond acceptors (Lipinski definition) is 2. The molecular formula is CH5O2Si+. The first kappa shape index (κ1) is 2.38. The summed E-state index contributed by atoms with van der Waals surface area (Å²) in [6.07, 6.45) is 0. The average molecular weight is 77.1 g/mol. The van der Waals surface area contributed by atoms with E-state index >= 15 is 0 Å². The molecule has 1 aliphatic heterocycles. The molecule has 0 saturated carbocycles. The summed E-state index contributed by atoms with van der Waals surface area (Å²) >= 11 is 0. The van der Waals surface area contributed by atoms with E-state index in [0.29, 0.717) is 0 Å². The van der Waals surface area contributed by atoms with E-state index in [2.05, 4.69) is 9.15 Å². The summed E-state index contributed by atoms with van der Waals surface area (Å²) in [6.45, 7) is 1.97. The van der Waals surface area contributed by atoms with Crippen LogP contribution in [0.1, 0.15) is 1.43 Å². The lowest BCUT2D eigenvalue weighted by Crippen LogP contribution is -1.68. The summed E-state index contributed by atoms with van der Waals surface area (Å²) in [5.74, 6) is 0. The second kappa shape index (κ2) is 0.543. The molecule has 2 nitrogen and oxygen atoms in total. The highest BCUT2D eigenvalue weighted by Gasteiger charge is 2.20. The van der Waals surface area contributed by atoms with E-state index in [9.17, 15) is 0 Å². The Hall–Kier alpha value is 0.137. The quantitative estimate of drug-likeness (QED) is 0.229. The Morgan fingerprint density at radius 2 is 2.00 bits per heavy atom. The lowest BCUT2D eigenvalue weighted by molar-refractivity contribution is 0.0850. The summed E-state index contributed by atoms with van der Waals surface area (Å²) in [7, 11) is -0.889. The van der Waals surface area contributed by atoms with Gasteiger partial charge in [-0.2, -0.15) is 0 Å². The molecule has 3 heteroatoms. The molecule has 1 heterocycles. The third kappa shape index (κ3) is 0.281. The molecule has 1 rings (SSSR count). The molecule has 0 amide bonds. The Labute approximate surface area is 27.6 Å². The maximum Gasteiger partial charge on any atom is 1.00 e. The lowest BCUT2D eigenvalue weighted by atomic mass is 11.9. The molecule has 0 aromatic carbocycles. The van der Waals surface area contributed by atoms with Crippen LogP contribution in [0.15, 0.2) is 0 Å². The van der Waals surface area contributed by atoms with Crippen LogP contribution in [0.2, 0.25) is 6.55 Å². The second-order valence-corrected chi connectivity index (χ2v) is 2.28. The highest BCUT2D eigenvalue weighted by Crippen LogP contribution is 2.02. The Morgan fingerprint density at radius 3 is 2.00 bits per heavy atom. The average Bonchev–Trinajstić information content (AvgIpc) is 1.75. The highest BCUT2D eigenvalue weighted by molar-refractivity contribution is 6.47. The molecule has 1 saturated heterocycles. The molecule has 24 valence electrons. The molecule has 0 unspecified atom stereocenters. The first-order chi connectivity index (χ1) is 1.89. The van der Waals surface area contributed by atoms with Gasteiger partial charge in [0, 0.05) is 0 Å². The van der Waals surface area contributed by atoms with E-state index in [1.54, 1.807) is 0 Å². The van der Waals surface area contributed by atoms with Gasteiger partial charge in [0.25, 0.3) is 0 Å². The van der Waals surface area contributed by atoms with Gasteiger partial charge in [0.2, 0.25) is 0 Å². The van der Waals surface area contributed by atoms with Crippen LogP contribution < -0.4 is 0 Å². The third-order valence-electron chi connectivity index (χ3n) is 0.289. The Balaban J connectivity index is 0.000000160.